The molecule has 1 fully saturated rings. The second-order valence-corrected chi connectivity index (χ2v) is 5.73. The number of rotatable bonds is 5. The summed E-state index contributed by atoms with van der Waals surface area (Å²) in [4.78, 5) is 2.55. The van der Waals surface area contributed by atoms with Gasteiger partial charge < -0.3 is 14.6 Å². The molecule has 0 bridgehead atoms. The summed E-state index contributed by atoms with van der Waals surface area (Å²) >= 11 is 0. The van der Waals surface area contributed by atoms with Crippen molar-refractivity contribution < 1.29 is 14.6 Å². The number of aromatic hydroxyl groups is 1. The monoisotopic (exact) mass is 293 g/mol. The lowest BCUT2D eigenvalue weighted by molar-refractivity contribution is 0.185. The third-order valence-electron chi connectivity index (χ3n) is 4.40. The molecule has 1 aromatic rings. The Bertz CT molecular complexity index is 436. The van der Waals surface area contributed by atoms with Crippen LogP contribution < -0.4 is 9.47 Å². The topological polar surface area (TPSA) is 41.9 Å². The maximum Gasteiger partial charge on any atom is 0.200 e. The lowest BCUT2D eigenvalue weighted by atomic mass is 10.1. The van der Waals surface area contributed by atoms with E-state index >= 15 is 0 Å². The molecule has 2 rings (SSSR count). The molecule has 1 N–H and O–H groups in total. The summed E-state index contributed by atoms with van der Waals surface area (Å²) in [5, 5.41) is 10.00. The van der Waals surface area contributed by atoms with E-state index in [0.29, 0.717) is 17.5 Å². The van der Waals surface area contributed by atoms with E-state index in [1.54, 1.807) is 14.2 Å². The van der Waals surface area contributed by atoms with Gasteiger partial charge in [-0.2, -0.15) is 0 Å². The molecule has 1 aliphatic rings. The van der Waals surface area contributed by atoms with Gasteiger partial charge in [-0.1, -0.05) is 19.8 Å². The highest BCUT2D eigenvalue weighted by Crippen LogP contribution is 2.37. The zero-order valence-corrected chi connectivity index (χ0v) is 13.4. The Morgan fingerprint density at radius 2 is 1.81 bits per heavy atom. The molecule has 0 saturated carbocycles. The highest BCUT2D eigenvalue weighted by atomic mass is 16.5. The van der Waals surface area contributed by atoms with Crippen LogP contribution in [0.4, 0.5) is 0 Å². The third kappa shape index (κ3) is 3.82. The Morgan fingerprint density at radius 1 is 1.14 bits per heavy atom. The van der Waals surface area contributed by atoms with Gasteiger partial charge >= 0.3 is 0 Å². The molecule has 0 aliphatic carbocycles. The Balaban J connectivity index is 2.20. The molecule has 1 aliphatic heterocycles. The highest BCUT2D eigenvalue weighted by Gasteiger charge is 2.20. The number of benzene rings is 1. The van der Waals surface area contributed by atoms with Crippen molar-refractivity contribution in [3.8, 4) is 17.2 Å². The van der Waals surface area contributed by atoms with E-state index in [1.165, 1.54) is 32.1 Å². The summed E-state index contributed by atoms with van der Waals surface area (Å²) in [5.41, 5.74) is 1.13. The highest BCUT2D eigenvalue weighted by molar-refractivity contribution is 5.52. The van der Waals surface area contributed by atoms with Crippen molar-refractivity contribution in [1.82, 2.24) is 4.90 Å². The van der Waals surface area contributed by atoms with E-state index in [1.807, 2.05) is 12.1 Å². The molecular formula is C17H27NO3. The van der Waals surface area contributed by atoms with Gasteiger partial charge in [0, 0.05) is 12.6 Å². The first-order chi connectivity index (χ1) is 10.2. The van der Waals surface area contributed by atoms with E-state index in [0.717, 1.165) is 18.7 Å². The summed E-state index contributed by atoms with van der Waals surface area (Å²) in [7, 11) is 3.14. The van der Waals surface area contributed by atoms with Crippen LogP contribution in [-0.4, -0.2) is 36.8 Å². The predicted molar refractivity (Wildman–Crippen MR) is 84.2 cm³/mol. The number of phenolic OH excluding ortho intramolecular Hbond substituents is 1. The molecule has 118 valence electrons. The Labute approximate surface area is 127 Å². The van der Waals surface area contributed by atoms with Crippen LogP contribution in [0, 0.1) is 0 Å². The van der Waals surface area contributed by atoms with E-state index in [-0.39, 0.29) is 5.75 Å². The van der Waals surface area contributed by atoms with Gasteiger partial charge in [0.15, 0.2) is 11.5 Å². The zero-order chi connectivity index (χ0) is 15.2. The van der Waals surface area contributed by atoms with E-state index in [2.05, 4.69) is 11.8 Å². The van der Waals surface area contributed by atoms with Crippen LogP contribution in [0.15, 0.2) is 12.1 Å². The van der Waals surface area contributed by atoms with Crippen LogP contribution in [0.1, 0.15) is 44.6 Å². The molecule has 1 aromatic carbocycles. The fraction of sp³-hybridized carbons (Fsp3) is 0.647. The van der Waals surface area contributed by atoms with Crippen LogP contribution in [-0.2, 0) is 6.54 Å². The van der Waals surface area contributed by atoms with Gasteiger partial charge in [0.2, 0.25) is 5.75 Å². The first-order valence-electron chi connectivity index (χ1n) is 7.87. The van der Waals surface area contributed by atoms with Gasteiger partial charge in [0.05, 0.1) is 14.2 Å². The fourth-order valence-electron chi connectivity index (χ4n) is 3.18. The maximum absolute atomic E-state index is 10.00. The average molecular weight is 293 g/mol. The van der Waals surface area contributed by atoms with Crippen LogP contribution in [0.2, 0.25) is 0 Å². The van der Waals surface area contributed by atoms with Crippen molar-refractivity contribution in [1.29, 1.82) is 0 Å². The Hall–Kier alpha value is -1.42. The van der Waals surface area contributed by atoms with Gasteiger partial charge in [-0.05, 0) is 43.5 Å². The van der Waals surface area contributed by atoms with E-state index in [4.69, 9.17) is 9.47 Å². The summed E-state index contributed by atoms with van der Waals surface area (Å²) in [6.45, 7) is 4.29. The van der Waals surface area contributed by atoms with E-state index < -0.39 is 0 Å². The number of phenols is 1. The normalized spacial score (nSPS) is 20.0. The fourth-order valence-corrected chi connectivity index (χ4v) is 3.18. The number of hydrogen-bond acceptors (Lipinski definition) is 4. The van der Waals surface area contributed by atoms with Crippen molar-refractivity contribution in [2.24, 2.45) is 0 Å². The summed E-state index contributed by atoms with van der Waals surface area (Å²) in [5.74, 6) is 1.03. The minimum absolute atomic E-state index is 0.0756. The van der Waals surface area contributed by atoms with Crippen molar-refractivity contribution in [2.75, 3.05) is 20.8 Å². The lowest BCUT2D eigenvalue weighted by Gasteiger charge is -2.29. The van der Waals surface area contributed by atoms with Crippen molar-refractivity contribution >= 4 is 0 Å². The molecule has 1 unspecified atom stereocenters. The number of nitrogens with zero attached hydrogens (tertiary/aromatic N) is 1. The van der Waals surface area contributed by atoms with Crippen LogP contribution in [0.5, 0.6) is 17.2 Å². The van der Waals surface area contributed by atoms with Crippen LogP contribution in [0.3, 0.4) is 0 Å². The van der Waals surface area contributed by atoms with Crippen LogP contribution in [0.25, 0.3) is 0 Å². The van der Waals surface area contributed by atoms with E-state index in [9.17, 15) is 5.11 Å². The summed E-state index contributed by atoms with van der Waals surface area (Å²) in [6, 6.07) is 4.48. The average Bonchev–Trinajstić information content (AvgIpc) is 2.73. The SMILES string of the molecule is CCC1CCCCCN1Cc1cc(OC)c(O)c(OC)c1. The maximum atomic E-state index is 10.00. The molecule has 1 saturated heterocycles. The smallest absolute Gasteiger partial charge is 0.200 e. The third-order valence-corrected chi connectivity index (χ3v) is 4.40. The molecule has 0 radical (unpaired) electrons. The van der Waals surface area contributed by atoms with Gasteiger partial charge in [-0.15, -0.1) is 0 Å². The first-order valence-corrected chi connectivity index (χ1v) is 7.87. The number of methoxy groups -OCH3 is 2. The number of ether oxygens (including phenoxy) is 2. The standard InChI is InChI=1S/C17H27NO3/c1-4-14-8-6-5-7-9-18(14)12-13-10-15(20-2)17(19)16(11-13)21-3/h10-11,14,19H,4-9,12H2,1-3H3. The predicted octanol–water partition coefficient (Wildman–Crippen LogP) is 3.56. The zero-order valence-electron chi connectivity index (χ0n) is 13.4. The lowest BCUT2D eigenvalue weighted by Crippen LogP contribution is -2.33. The minimum atomic E-state index is 0.0756. The van der Waals surface area contributed by atoms with Crippen molar-refractivity contribution in [2.45, 2.75) is 51.6 Å². The van der Waals surface area contributed by atoms with Crippen molar-refractivity contribution in [3.05, 3.63) is 17.7 Å². The molecular weight excluding hydrogens is 266 g/mol. The molecule has 0 aromatic heterocycles. The molecule has 1 heterocycles. The second-order valence-electron chi connectivity index (χ2n) is 5.73. The number of likely N-dealkylation sites (tertiary alicyclic amines) is 1. The largest absolute Gasteiger partial charge is 0.502 e. The molecule has 4 nitrogen and oxygen atoms in total. The van der Waals surface area contributed by atoms with Crippen LogP contribution >= 0.6 is 0 Å². The second kappa shape index (κ2) is 7.55. The molecule has 21 heavy (non-hydrogen) atoms. The van der Waals surface area contributed by atoms with Gasteiger partial charge in [-0.3, -0.25) is 4.90 Å². The summed E-state index contributed by atoms with van der Waals surface area (Å²) < 4.78 is 10.5. The quantitative estimate of drug-likeness (QED) is 0.901. The molecule has 1 atom stereocenters. The number of hydrogen-bond donors (Lipinski definition) is 1. The van der Waals surface area contributed by atoms with Crippen molar-refractivity contribution in [3.63, 3.8) is 0 Å². The van der Waals surface area contributed by atoms with Gasteiger partial charge in [0.25, 0.3) is 0 Å². The Morgan fingerprint density at radius 3 is 2.38 bits per heavy atom. The van der Waals surface area contributed by atoms with Gasteiger partial charge in [-0.25, -0.2) is 0 Å². The van der Waals surface area contributed by atoms with Gasteiger partial charge in [0.1, 0.15) is 0 Å². The first kappa shape index (κ1) is 16.0. The molecule has 0 spiro atoms. The Kier molecular flexibility index (Phi) is 5.74. The summed E-state index contributed by atoms with van der Waals surface area (Å²) in [6.07, 6.45) is 6.39. The minimum Gasteiger partial charge on any atom is -0.502 e. The molecule has 0 amide bonds. The molecule has 4 heteroatoms.